The van der Waals surface area contributed by atoms with E-state index in [0.717, 1.165) is 5.82 Å². The summed E-state index contributed by atoms with van der Waals surface area (Å²) in [6.45, 7) is -0.515. The number of H-pyrrole nitrogens is 1. The van der Waals surface area contributed by atoms with Crippen LogP contribution in [0.3, 0.4) is 0 Å². The Hall–Kier alpha value is -1.61. The van der Waals surface area contributed by atoms with Crippen molar-refractivity contribution < 1.29 is 22.7 Å². The van der Waals surface area contributed by atoms with Crippen LogP contribution in [0.2, 0.25) is 0 Å². The third kappa shape index (κ3) is 4.43. The molecule has 2 heterocycles. The SMILES string of the molecule is CN1CCN(C(=O)COCC(F)(F)F)CC1c1ncc[nH]1. The van der Waals surface area contributed by atoms with Gasteiger partial charge in [0.2, 0.25) is 5.91 Å². The van der Waals surface area contributed by atoms with Gasteiger partial charge >= 0.3 is 6.18 Å². The van der Waals surface area contributed by atoms with E-state index in [9.17, 15) is 18.0 Å². The summed E-state index contributed by atoms with van der Waals surface area (Å²) in [5.41, 5.74) is 0. The highest BCUT2D eigenvalue weighted by atomic mass is 19.4. The molecular weight excluding hydrogens is 289 g/mol. The summed E-state index contributed by atoms with van der Waals surface area (Å²) in [6, 6.07) is -0.0969. The fraction of sp³-hybridized carbons (Fsp3) is 0.667. The van der Waals surface area contributed by atoms with Crippen molar-refractivity contribution in [3.63, 3.8) is 0 Å². The van der Waals surface area contributed by atoms with Gasteiger partial charge in [0, 0.05) is 32.0 Å². The van der Waals surface area contributed by atoms with Gasteiger partial charge in [-0.2, -0.15) is 13.2 Å². The minimum Gasteiger partial charge on any atom is -0.362 e. The van der Waals surface area contributed by atoms with Crippen molar-refractivity contribution in [2.45, 2.75) is 12.2 Å². The molecule has 0 bridgehead atoms. The van der Waals surface area contributed by atoms with E-state index in [4.69, 9.17) is 0 Å². The smallest absolute Gasteiger partial charge is 0.362 e. The normalized spacial score (nSPS) is 20.8. The molecule has 0 aliphatic carbocycles. The molecule has 1 amide bonds. The van der Waals surface area contributed by atoms with Crippen LogP contribution in [0.15, 0.2) is 12.4 Å². The number of nitrogens with zero attached hydrogens (tertiary/aromatic N) is 3. The lowest BCUT2D eigenvalue weighted by Gasteiger charge is -2.38. The van der Waals surface area contributed by atoms with Gasteiger partial charge < -0.3 is 14.6 Å². The molecule has 1 aliphatic rings. The summed E-state index contributed by atoms with van der Waals surface area (Å²) in [5, 5.41) is 0. The fourth-order valence-electron chi connectivity index (χ4n) is 2.20. The van der Waals surface area contributed by atoms with Crippen molar-refractivity contribution in [3.8, 4) is 0 Å². The maximum atomic E-state index is 12.0. The Balaban J connectivity index is 1.87. The Labute approximate surface area is 119 Å². The second kappa shape index (κ2) is 6.44. The van der Waals surface area contributed by atoms with Crippen LogP contribution < -0.4 is 0 Å². The van der Waals surface area contributed by atoms with Crippen molar-refractivity contribution in [3.05, 3.63) is 18.2 Å². The van der Waals surface area contributed by atoms with E-state index >= 15 is 0 Å². The van der Waals surface area contributed by atoms with Gasteiger partial charge in [-0.3, -0.25) is 9.69 Å². The average Bonchev–Trinajstić information content (AvgIpc) is 2.91. The first-order valence-corrected chi connectivity index (χ1v) is 6.48. The number of carbonyl (C=O) groups excluding carboxylic acids is 1. The van der Waals surface area contributed by atoms with E-state index in [0.29, 0.717) is 19.6 Å². The van der Waals surface area contributed by atoms with E-state index in [1.165, 1.54) is 4.90 Å². The Morgan fingerprint density at radius 1 is 1.52 bits per heavy atom. The molecule has 1 atom stereocenters. The maximum Gasteiger partial charge on any atom is 0.411 e. The van der Waals surface area contributed by atoms with Crippen LogP contribution in [-0.4, -0.2) is 71.7 Å². The standard InChI is InChI=1S/C12H17F3N4O2/c1-18-4-5-19(6-9(18)11-16-2-3-17-11)10(20)7-21-8-12(13,14)15/h2-3,9H,4-8H2,1H3,(H,16,17). The Bertz CT molecular complexity index is 464. The van der Waals surface area contributed by atoms with E-state index in [-0.39, 0.29) is 6.04 Å². The third-order valence-electron chi connectivity index (χ3n) is 3.33. The van der Waals surface area contributed by atoms with Crippen molar-refractivity contribution >= 4 is 5.91 Å². The number of halogens is 3. The molecule has 0 saturated carbocycles. The van der Waals surface area contributed by atoms with Crippen LogP contribution >= 0.6 is 0 Å². The lowest BCUT2D eigenvalue weighted by Crippen LogP contribution is -2.50. The number of ether oxygens (including phenoxy) is 1. The number of alkyl halides is 3. The Morgan fingerprint density at radius 2 is 2.29 bits per heavy atom. The average molecular weight is 306 g/mol. The van der Waals surface area contributed by atoms with E-state index < -0.39 is 25.3 Å². The summed E-state index contributed by atoms with van der Waals surface area (Å²) in [4.78, 5) is 22.6. The molecule has 1 N–H and O–H groups in total. The number of hydrogen-bond donors (Lipinski definition) is 1. The second-order valence-electron chi connectivity index (χ2n) is 4.92. The van der Waals surface area contributed by atoms with Crippen LogP contribution in [0.5, 0.6) is 0 Å². The highest BCUT2D eigenvalue weighted by Crippen LogP contribution is 2.21. The molecule has 1 aliphatic heterocycles. The van der Waals surface area contributed by atoms with Crippen molar-refractivity contribution in [2.75, 3.05) is 39.9 Å². The molecule has 1 fully saturated rings. The van der Waals surface area contributed by atoms with Crippen molar-refractivity contribution in [1.29, 1.82) is 0 Å². The van der Waals surface area contributed by atoms with E-state index in [1.807, 2.05) is 11.9 Å². The van der Waals surface area contributed by atoms with Gasteiger partial charge in [0.1, 0.15) is 19.0 Å². The number of piperazine rings is 1. The topological polar surface area (TPSA) is 61.5 Å². The first-order chi connectivity index (χ1) is 9.87. The van der Waals surface area contributed by atoms with Crippen LogP contribution in [-0.2, 0) is 9.53 Å². The molecule has 0 spiro atoms. The second-order valence-corrected chi connectivity index (χ2v) is 4.92. The van der Waals surface area contributed by atoms with Gasteiger partial charge in [0.15, 0.2) is 0 Å². The monoisotopic (exact) mass is 306 g/mol. The van der Waals surface area contributed by atoms with Gasteiger partial charge in [-0.05, 0) is 7.05 Å². The minimum absolute atomic E-state index is 0.0969. The molecular formula is C12H17F3N4O2. The van der Waals surface area contributed by atoms with Gasteiger partial charge in [0.25, 0.3) is 0 Å². The number of likely N-dealkylation sites (N-methyl/N-ethyl adjacent to an activating group) is 1. The first kappa shape index (κ1) is 15.8. The largest absolute Gasteiger partial charge is 0.411 e. The van der Waals surface area contributed by atoms with Crippen molar-refractivity contribution in [1.82, 2.24) is 19.8 Å². The maximum absolute atomic E-state index is 12.0. The number of nitrogens with one attached hydrogen (secondary N) is 1. The predicted octanol–water partition coefficient (Wildman–Crippen LogP) is 0.804. The van der Waals surface area contributed by atoms with E-state index in [1.54, 1.807) is 12.4 Å². The summed E-state index contributed by atoms with van der Waals surface area (Å²) in [5.74, 6) is 0.287. The van der Waals surface area contributed by atoms with Gasteiger partial charge in [-0.15, -0.1) is 0 Å². The number of carbonyl (C=O) groups is 1. The molecule has 118 valence electrons. The summed E-state index contributed by atoms with van der Waals surface area (Å²) in [7, 11) is 1.91. The number of aromatic nitrogens is 2. The zero-order valence-electron chi connectivity index (χ0n) is 11.6. The molecule has 9 heteroatoms. The summed E-state index contributed by atoms with van der Waals surface area (Å²) >= 11 is 0. The fourth-order valence-corrected chi connectivity index (χ4v) is 2.20. The summed E-state index contributed by atoms with van der Waals surface area (Å²) in [6.07, 6.45) is -1.11. The quantitative estimate of drug-likeness (QED) is 0.894. The molecule has 0 aromatic carbocycles. The molecule has 0 radical (unpaired) electrons. The zero-order valence-corrected chi connectivity index (χ0v) is 11.6. The van der Waals surface area contributed by atoms with Crippen LogP contribution in [0, 0.1) is 0 Å². The molecule has 1 unspecified atom stereocenters. The summed E-state index contributed by atoms with van der Waals surface area (Å²) < 4.78 is 40.3. The molecule has 2 rings (SSSR count). The number of aromatic amines is 1. The minimum atomic E-state index is -4.42. The number of rotatable bonds is 4. The zero-order chi connectivity index (χ0) is 15.5. The van der Waals surface area contributed by atoms with Crippen LogP contribution in [0.25, 0.3) is 0 Å². The van der Waals surface area contributed by atoms with Gasteiger partial charge in [-0.25, -0.2) is 4.98 Å². The highest BCUT2D eigenvalue weighted by molar-refractivity contribution is 5.77. The molecule has 1 aromatic heterocycles. The van der Waals surface area contributed by atoms with Gasteiger partial charge in [0.05, 0.1) is 6.04 Å². The van der Waals surface area contributed by atoms with E-state index in [2.05, 4.69) is 14.7 Å². The first-order valence-electron chi connectivity index (χ1n) is 6.48. The third-order valence-corrected chi connectivity index (χ3v) is 3.33. The Morgan fingerprint density at radius 3 is 2.90 bits per heavy atom. The van der Waals surface area contributed by atoms with Crippen LogP contribution in [0.4, 0.5) is 13.2 Å². The number of imidazole rings is 1. The lowest BCUT2D eigenvalue weighted by molar-refractivity contribution is -0.178. The predicted molar refractivity (Wildman–Crippen MR) is 67.4 cm³/mol. The number of amides is 1. The molecule has 6 nitrogen and oxygen atoms in total. The van der Waals surface area contributed by atoms with Crippen LogP contribution in [0.1, 0.15) is 11.9 Å². The highest BCUT2D eigenvalue weighted by Gasteiger charge is 2.31. The molecule has 21 heavy (non-hydrogen) atoms. The lowest BCUT2D eigenvalue weighted by atomic mass is 10.1. The molecule has 1 aromatic rings. The van der Waals surface area contributed by atoms with Gasteiger partial charge in [-0.1, -0.05) is 0 Å². The number of hydrogen-bond acceptors (Lipinski definition) is 4. The van der Waals surface area contributed by atoms with Crippen molar-refractivity contribution in [2.24, 2.45) is 0 Å². The Kier molecular flexibility index (Phi) is 4.84. The molecule has 1 saturated heterocycles.